The summed E-state index contributed by atoms with van der Waals surface area (Å²) in [6.07, 6.45) is 5.44. The maximum Gasteiger partial charge on any atom is 0.253 e. The Morgan fingerprint density at radius 1 is 1.00 bits per heavy atom. The third kappa shape index (κ3) is 5.59. The average molecular weight is 551 g/mol. The minimum Gasteiger partial charge on any atom is -0.495 e. The van der Waals surface area contributed by atoms with Crippen molar-refractivity contribution in [1.29, 1.82) is 0 Å². The Balaban J connectivity index is 1.09. The standard InChI is InChI=1S/C34H38N4O3/c1-24-8-5-9-25(20-24)22-35-34(40)29-23-37(33-28(29)11-6-13-31(33)41-2)17-7-16-36-18-14-27(15-19-36)38-30-12-4-3-10-26(30)21-32(38)39/h3-6,8-13,20,23,27H,7,14-19,21-22H2,1-2H3,(H,35,40). The Labute approximate surface area is 241 Å². The number of aryl methyl sites for hydroxylation is 2. The Hall–Kier alpha value is -4.10. The molecule has 0 bridgehead atoms. The van der Waals surface area contributed by atoms with Crippen LogP contribution in [0.25, 0.3) is 10.9 Å². The molecule has 0 saturated carbocycles. The number of benzene rings is 3. The summed E-state index contributed by atoms with van der Waals surface area (Å²) in [5, 5.41) is 4.01. The minimum absolute atomic E-state index is 0.0800. The van der Waals surface area contributed by atoms with Gasteiger partial charge >= 0.3 is 0 Å². The first-order valence-corrected chi connectivity index (χ1v) is 14.6. The van der Waals surface area contributed by atoms with Crippen LogP contribution in [0.5, 0.6) is 5.75 Å². The predicted octanol–water partition coefficient (Wildman–Crippen LogP) is 5.33. The number of nitrogens with one attached hydrogen (secondary N) is 1. The molecule has 4 aromatic rings. The van der Waals surface area contributed by atoms with Crippen LogP contribution in [0.2, 0.25) is 0 Å². The van der Waals surface area contributed by atoms with E-state index in [9.17, 15) is 9.59 Å². The van der Waals surface area contributed by atoms with Crippen LogP contribution < -0.4 is 15.0 Å². The van der Waals surface area contributed by atoms with Crippen LogP contribution in [0, 0.1) is 6.92 Å². The SMILES string of the molecule is COc1cccc2c(C(=O)NCc3cccc(C)c3)cn(CCCN3CCC(N4C(=O)Cc5ccccc54)CC3)c12. The Morgan fingerprint density at radius 3 is 2.61 bits per heavy atom. The number of piperidine rings is 1. The van der Waals surface area contributed by atoms with Gasteiger partial charge in [0.05, 0.1) is 24.6 Å². The van der Waals surface area contributed by atoms with Crippen molar-refractivity contribution in [3.8, 4) is 5.75 Å². The zero-order valence-electron chi connectivity index (χ0n) is 23.9. The molecule has 7 heteroatoms. The molecular formula is C34H38N4O3. The maximum atomic E-state index is 13.3. The number of fused-ring (bicyclic) bond motifs is 2. The van der Waals surface area contributed by atoms with Crippen LogP contribution in [-0.4, -0.2) is 54.1 Å². The van der Waals surface area contributed by atoms with E-state index in [2.05, 4.69) is 50.9 Å². The lowest BCUT2D eigenvalue weighted by Crippen LogP contribution is -2.46. The molecule has 2 aliphatic rings. The molecule has 7 nitrogen and oxygen atoms in total. The maximum absolute atomic E-state index is 13.3. The molecule has 3 heterocycles. The number of carbonyl (C=O) groups excluding carboxylic acids is 2. The molecule has 0 spiro atoms. The molecule has 1 N–H and O–H groups in total. The van der Waals surface area contributed by atoms with Gasteiger partial charge in [0.1, 0.15) is 5.75 Å². The summed E-state index contributed by atoms with van der Waals surface area (Å²) in [6.45, 7) is 6.28. The number of aromatic nitrogens is 1. The summed E-state index contributed by atoms with van der Waals surface area (Å²) in [5.74, 6) is 0.928. The monoisotopic (exact) mass is 550 g/mol. The third-order valence-corrected chi connectivity index (χ3v) is 8.52. The van der Waals surface area contributed by atoms with Crippen molar-refractivity contribution in [2.24, 2.45) is 0 Å². The molecule has 3 aromatic carbocycles. The van der Waals surface area contributed by atoms with E-state index in [1.165, 1.54) is 5.56 Å². The van der Waals surface area contributed by atoms with E-state index >= 15 is 0 Å². The van der Waals surface area contributed by atoms with Gasteiger partial charge < -0.3 is 24.4 Å². The highest BCUT2D eigenvalue weighted by atomic mass is 16.5. The van der Waals surface area contributed by atoms with Gasteiger partial charge in [-0.2, -0.15) is 0 Å². The van der Waals surface area contributed by atoms with Gasteiger partial charge in [-0.3, -0.25) is 9.59 Å². The zero-order valence-corrected chi connectivity index (χ0v) is 23.9. The van der Waals surface area contributed by atoms with E-state index in [0.717, 1.165) is 78.9 Å². The molecular weight excluding hydrogens is 512 g/mol. The number of nitrogens with zero attached hydrogens (tertiary/aromatic N) is 3. The molecule has 0 unspecified atom stereocenters. The average Bonchev–Trinajstić information content (AvgIpc) is 3.53. The van der Waals surface area contributed by atoms with Crippen molar-refractivity contribution in [3.63, 3.8) is 0 Å². The number of hydrogen-bond donors (Lipinski definition) is 1. The van der Waals surface area contributed by atoms with Crippen molar-refractivity contribution in [2.75, 3.05) is 31.6 Å². The van der Waals surface area contributed by atoms with E-state index < -0.39 is 0 Å². The molecule has 2 amide bonds. The van der Waals surface area contributed by atoms with Gasteiger partial charge in [0, 0.05) is 49.5 Å². The Bertz CT molecular complexity index is 1570. The molecule has 1 fully saturated rings. The lowest BCUT2D eigenvalue weighted by molar-refractivity contribution is -0.118. The molecule has 0 aliphatic carbocycles. The van der Waals surface area contributed by atoms with Gasteiger partial charge in [-0.25, -0.2) is 0 Å². The third-order valence-electron chi connectivity index (χ3n) is 8.52. The molecule has 0 atom stereocenters. The summed E-state index contributed by atoms with van der Waals surface area (Å²) in [7, 11) is 1.68. The lowest BCUT2D eigenvalue weighted by Gasteiger charge is -2.37. The molecule has 1 saturated heterocycles. The van der Waals surface area contributed by atoms with Crippen molar-refractivity contribution in [1.82, 2.24) is 14.8 Å². The lowest BCUT2D eigenvalue weighted by atomic mass is 10.0. The predicted molar refractivity (Wildman–Crippen MR) is 163 cm³/mol. The van der Waals surface area contributed by atoms with Crippen LogP contribution in [0.3, 0.4) is 0 Å². The van der Waals surface area contributed by atoms with Crippen molar-refractivity contribution >= 4 is 28.4 Å². The van der Waals surface area contributed by atoms with Crippen LogP contribution in [0.1, 0.15) is 46.3 Å². The number of rotatable bonds is 9. The number of anilines is 1. The van der Waals surface area contributed by atoms with Crippen molar-refractivity contribution in [3.05, 3.63) is 95.2 Å². The number of methoxy groups -OCH3 is 1. The van der Waals surface area contributed by atoms with Crippen molar-refractivity contribution < 1.29 is 14.3 Å². The summed E-state index contributed by atoms with van der Waals surface area (Å²) in [4.78, 5) is 30.6. The van der Waals surface area contributed by atoms with Crippen LogP contribution in [0.4, 0.5) is 5.69 Å². The Kier molecular flexibility index (Phi) is 7.79. The van der Waals surface area contributed by atoms with E-state index in [1.807, 2.05) is 48.7 Å². The van der Waals surface area contributed by atoms with E-state index in [0.29, 0.717) is 18.5 Å². The number of carbonyl (C=O) groups is 2. The molecule has 0 radical (unpaired) electrons. The molecule has 2 aliphatic heterocycles. The first-order valence-electron chi connectivity index (χ1n) is 14.6. The molecule has 6 rings (SSSR count). The molecule has 1 aromatic heterocycles. The fraction of sp³-hybridized carbons (Fsp3) is 0.353. The van der Waals surface area contributed by atoms with Gasteiger partial charge in [0.2, 0.25) is 5.91 Å². The summed E-state index contributed by atoms with van der Waals surface area (Å²) in [6, 6.07) is 22.6. The molecule has 41 heavy (non-hydrogen) atoms. The minimum atomic E-state index is -0.0800. The van der Waals surface area contributed by atoms with Crippen molar-refractivity contribution in [2.45, 2.75) is 51.7 Å². The quantitative estimate of drug-likeness (QED) is 0.306. The van der Waals surface area contributed by atoms with Gasteiger partial charge in [-0.15, -0.1) is 0 Å². The van der Waals surface area contributed by atoms with Crippen LogP contribution >= 0.6 is 0 Å². The van der Waals surface area contributed by atoms with E-state index in [4.69, 9.17) is 4.74 Å². The summed E-state index contributed by atoms with van der Waals surface area (Å²) < 4.78 is 7.87. The fourth-order valence-electron chi connectivity index (χ4n) is 6.49. The zero-order chi connectivity index (χ0) is 28.3. The second-order valence-electron chi connectivity index (χ2n) is 11.3. The number of hydrogen-bond acceptors (Lipinski definition) is 4. The second-order valence-corrected chi connectivity index (χ2v) is 11.3. The van der Waals surface area contributed by atoms with Gasteiger partial charge in [0.25, 0.3) is 5.91 Å². The van der Waals surface area contributed by atoms with Gasteiger partial charge in [-0.05, 0) is 56.0 Å². The highest BCUT2D eigenvalue weighted by Gasteiger charge is 2.34. The number of para-hydroxylation sites is 2. The topological polar surface area (TPSA) is 66.8 Å². The molecule has 212 valence electrons. The largest absolute Gasteiger partial charge is 0.495 e. The number of amides is 2. The summed E-state index contributed by atoms with van der Waals surface area (Å²) in [5.41, 5.74) is 6.14. The van der Waals surface area contributed by atoms with E-state index in [-0.39, 0.29) is 17.9 Å². The normalized spacial score (nSPS) is 15.9. The van der Waals surface area contributed by atoms with Gasteiger partial charge in [-0.1, -0.05) is 60.2 Å². The van der Waals surface area contributed by atoms with E-state index in [1.54, 1.807) is 7.11 Å². The number of likely N-dealkylation sites (tertiary alicyclic amines) is 1. The van der Waals surface area contributed by atoms with Crippen LogP contribution in [-0.2, 0) is 24.3 Å². The first-order chi connectivity index (χ1) is 20.0. The van der Waals surface area contributed by atoms with Crippen LogP contribution in [0.15, 0.2) is 72.9 Å². The van der Waals surface area contributed by atoms with Gasteiger partial charge in [0.15, 0.2) is 0 Å². The number of ether oxygens (including phenoxy) is 1. The highest BCUT2D eigenvalue weighted by Crippen LogP contribution is 2.34. The Morgan fingerprint density at radius 2 is 1.80 bits per heavy atom. The summed E-state index contributed by atoms with van der Waals surface area (Å²) >= 11 is 0. The smallest absolute Gasteiger partial charge is 0.253 e. The highest BCUT2D eigenvalue weighted by molar-refractivity contribution is 6.08. The fourth-order valence-corrected chi connectivity index (χ4v) is 6.49. The second kappa shape index (κ2) is 11.8. The first kappa shape index (κ1) is 27.1.